The quantitative estimate of drug-likeness (QED) is 0.771. The third-order valence-electron chi connectivity index (χ3n) is 2.58. The first-order valence-corrected chi connectivity index (χ1v) is 5.60. The second kappa shape index (κ2) is 6.07. The van der Waals surface area contributed by atoms with Gasteiger partial charge in [0.25, 0.3) is 0 Å². The van der Waals surface area contributed by atoms with Crippen LogP contribution in [0.4, 0.5) is 0 Å². The van der Waals surface area contributed by atoms with Gasteiger partial charge in [0.15, 0.2) is 0 Å². The van der Waals surface area contributed by atoms with E-state index in [1.54, 1.807) is 0 Å². The van der Waals surface area contributed by atoms with Crippen LogP contribution in [0.2, 0.25) is 0 Å². The van der Waals surface area contributed by atoms with E-state index in [1.165, 1.54) is 0 Å². The van der Waals surface area contributed by atoms with Crippen LogP contribution >= 0.6 is 0 Å². The summed E-state index contributed by atoms with van der Waals surface area (Å²) < 4.78 is 0. The fourth-order valence-electron chi connectivity index (χ4n) is 1.56. The molecule has 1 aromatic rings. The third kappa shape index (κ3) is 3.93. The van der Waals surface area contributed by atoms with Crippen molar-refractivity contribution in [1.82, 2.24) is 5.32 Å². The molecule has 0 bridgehead atoms. The van der Waals surface area contributed by atoms with E-state index in [4.69, 9.17) is 12.2 Å². The summed E-state index contributed by atoms with van der Waals surface area (Å²) >= 11 is 0. The first kappa shape index (κ1) is 13.3. The number of amides is 1. The van der Waals surface area contributed by atoms with Crippen molar-refractivity contribution in [2.75, 3.05) is 0 Å². The third-order valence-corrected chi connectivity index (χ3v) is 2.58. The van der Waals surface area contributed by atoms with Crippen LogP contribution in [0.3, 0.4) is 0 Å². The van der Waals surface area contributed by atoms with E-state index in [2.05, 4.69) is 11.2 Å². The number of hydrogen-bond acceptors (Lipinski definition) is 2. The Kier molecular flexibility index (Phi) is 4.74. The molecule has 0 aliphatic rings. The molecule has 3 nitrogen and oxygen atoms in total. The summed E-state index contributed by atoms with van der Waals surface area (Å²) in [7, 11) is 0. The lowest BCUT2D eigenvalue weighted by Crippen LogP contribution is -2.41. The fraction of sp³-hybridized carbons (Fsp3) is 0.357. The van der Waals surface area contributed by atoms with Crippen LogP contribution in [0.5, 0.6) is 0 Å². The van der Waals surface area contributed by atoms with Crippen LogP contribution in [0.1, 0.15) is 30.5 Å². The highest BCUT2D eigenvalue weighted by Crippen LogP contribution is 2.13. The van der Waals surface area contributed by atoms with Gasteiger partial charge in [-0.15, -0.1) is 12.3 Å². The Hall–Kier alpha value is -1.79. The van der Waals surface area contributed by atoms with Crippen LogP contribution in [0, 0.1) is 19.3 Å². The smallest absolute Gasteiger partial charge is 0.238 e. The van der Waals surface area contributed by atoms with Gasteiger partial charge in [-0.1, -0.05) is 29.8 Å². The number of terminal acetylenes is 1. The number of benzene rings is 1. The number of hydrogen-bond donors (Lipinski definition) is 2. The normalized spacial score (nSPS) is 13.5. The molecule has 0 saturated heterocycles. The van der Waals surface area contributed by atoms with E-state index in [-0.39, 0.29) is 18.4 Å². The van der Waals surface area contributed by atoms with Crippen molar-refractivity contribution in [3.8, 4) is 12.3 Å². The van der Waals surface area contributed by atoms with Gasteiger partial charge in [0.1, 0.15) is 0 Å². The number of carbonyl (C=O) groups is 1. The molecule has 0 aliphatic carbocycles. The summed E-state index contributed by atoms with van der Waals surface area (Å²) in [6, 6.07) is 7.30. The molecule has 1 aromatic carbocycles. The Labute approximate surface area is 102 Å². The van der Waals surface area contributed by atoms with E-state index in [9.17, 15) is 4.79 Å². The van der Waals surface area contributed by atoms with Gasteiger partial charge in [-0.2, -0.15) is 0 Å². The number of nitrogens with two attached hydrogens (primary N) is 1. The Morgan fingerprint density at radius 1 is 1.59 bits per heavy atom. The van der Waals surface area contributed by atoms with Crippen molar-refractivity contribution in [3.63, 3.8) is 0 Å². The highest BCUT2D eigenvalue weighted by Gasteiger charge is 2.15. The number of carbonyl (C=O) groups excluding carboxylic acids is 1. The van der Waals surface area contributed by atoms with Crippen molar-refractivity contribution in [3.05, 3.63) is 35.4 Å². The molecular weight excluding hydrogens is 212 g/mol. The van der Waals surface area contributed by atoms with Gasteiger partial charge in [0, 0.05) is 6.42 Å². The van der Waals surface area contributed by atoms with Crippen molar-refractivity contribution in [1.29, 1.82) is 0 Å². The van der Waals surface area contributed by atoms with Crippen molar-refractivity contribution < 1.29 is 4.79 Å². The lowest BCUT2D eigenvalue weighted by Gasteiger charge is -2.17. The summed E-state index contributed by atoms with van der Waals surface area (Å²) in [6.07, 6.45) is 5.38. The van der Waals surface area contributed by atoms with Crippen LogP contribution in [-0.2, 0) is 4.79 Å². The zero-order valence-corrected chi connectivity index (χ0v) is 10.2. The van der Waals surface area contributed by atoms with Crippen molar-refractivity contribution >= 4 is 5.91 Å². The predicted molar refractivity (Wildman–Crippen MR) is 69.2 cm³/mol. The minimum atomic E-state index is -0.632. The standard InChI is InChI=1S/C14H18N2O/c1-4-6-13(15)14(17)16-11(3)12-8-5-7-10(2)9-12/h1,5,7-9,11,13H,6,15H2,2-3H3,(H,16,17)/t11-,13?/m1/s1. The number of nitrogens with one attached hydrogen (secondary N) is 1. The van der Waals surface area contributed by atoms with Crippen molar-refractivity contribution in [2.45, 2.75) is 32.4 Å². The first-order valence-electron chi connectivity index (χ1n) is 5.60. The molecule has 0 aromatic heterocycles. The predicted octanol–water partition coefficient (Wildman–Crippen LogP) is 1.52. The summed E-state index contributed by atoms with van der Waals surface area (Å²) in [5.41, 5.74) is 7.85. The zero-order valence-electron chi connectivity index (χ0n) is 10.2. The minimum Gasteiger partial charge on any atom is -0.348 e. The Balaban J connectivity index is 2.64. The molecule has 0 heterocycles. The Bertz CT molecular complexity index is 434. The lowest BCUT2D eigenvalue weighted by molar-refractivity contribution is -0.122. The molecule has 1 amide bonds. The zero-order chi connectivity index (χ0) is 12.8. The molecule has 17 heavy (non-hydrogen) atoms. The molecule has 0 saturated carbocycles. The molecule has 90 valence electrons. The fourth-order valence-corrected chi connectivity index (χ4v) is 1.56. The van der Waals surface area contributed by atoms with E-state index < -0.39 is 6.04 Å². The monoisotopic (exact) mass is 230 g/mol. The largest absolute Gasteiger partial charge is 0.348 e. The summed E-state index contributed by atoms with van der Waals surface area (Å²) in [5.74, 6) is 2.17. The van der Waals surface area contributed by atoms with E-state index >= 15 is 0 Å². The molecule has 0 radical (unpaired) electrons. The molecule has 0 aliphatic heterocycles. The minimum absolute atomic E-state index is 0.0637. The SMILES string of the molecule is C#CCC(N)C(=O)N[C@H](C)c1cccc(C)c1. The van der Waals surface area contributed by atoms with Crippen LogP contribution in [0.25, 0.3) is 0 Å². The highest BCUT2D eigenvalue weighted by molar-refractivity contribution is 5.82. The van der Waals surface area contributed by atoms with E-state index in [1.807, 2.05) is 38.1 Å². The van der Waals surface area contributed by atoms with Crippen LogP contribution in [0.15, 0.2) is 24.3 Å². The topological polar surface area (TPSA) is 55.1 Å². The first-order chi connectivity index (χ1) is 8.04. The second-order valence-electron chi connectivity index (χ2n) is 4.16. The van der Waals surface area contributed by atoms with Gasteiger partial charge in [-0.25, -0.2) is 0 Å². The van der Waals surface area contributed by atoms with Gasteiger partial charge in [0.05, 0.1) is 12.1 Å². The molecule has 0 fully saturated rings. The molecule has 3 N–H and O–H groups in total. The Morgan fingerprint density at radius 2 is 2.29 bits per heavy atom. The summed E-state index contributed by atoms with van der Waals surface area (Å²) in [6.45, 7) is 3.94. The highest BCUT2D eigenvalue weighted by atomic mass is 16.2. The average Bonchev–Trinajstić information content (AvgIpc) is 2.29. The molecule has 1 unspecified atom stereocenters. The number of aryl methyl sites for hydroxylation is 1. The maximum absolute atomic E-state index is 11.7. The van der Waals surface area contributed by atoms with Gasteiger partial charge in [0.2, 0.25) is 5.91 Å². The summed E-state index contributed by atoms with van der Waals surface area (Å²) in [5, 5.41) is 2.85. The molecule has 1 rings (SSSR count). The number of rotatable bonds is 4. The maximum atomic E-state index is 11.7. The van der Waals surface area contributed by atoms with Gasteiger partial charge >= 0.3 is 0 Å². The average molecular weight is 230 g/mol. The van der Waals surface area contributed by atoms with Gasteiger partial charge in [-0.3, -0.25) is 4.79 Å². The maximum Gasteiger partial charge on any atom is 0.238 e. The van der Waals surface area contributed by atoms with Crippen LogP contribution in [-0.4, -0.2) is 11.9 Å². The van der Waals surface area contributed by atoms with Gasteiger partial charge in [-0.05, 0) is 19.4 Å². The van der Waals surface area contributed by atoms with E-state index in [0.29, 0.717) is 0 Å². The molecular formula is C14H18N2O. The van der Waals surface area contributed by atoms with E-state index in [0.717, 1.165) is 11.1 Å². The molecule has 2 atom stereocenters. The summed E-state index contributed by atoms with van der Waals surface area (Å²) in [4.78, 5) is 11.7. The van der Waals surface area contributed by atoms with Crippen molar-refractivity contribution in [2.24, 2.45) is 5.73 Å². The molecule has 0 spiro atoms. The molecule has 3 heteroatoms. The van der Waals surface area contributed by atoms with Gasteiger partial charge < -0.3 is 11.1 Å². The second-order valence-corrected chi connectivity index (χ2v) is 4.16. The Morgan fingerprint density at radius 3 is 2.88 bits per heavy atom. The lowest BCUT2D eigenvalue weighted by atomic mass is 10.1. The van der Waals surface area contributed by atoms with Crippen LogP contribution < -0.4 is 11.1 Å².